The van der Waals surface area contributed by atoms with E-state index in [1.54, 1.807) is 0 Å². The summed E-state index contributed by atoms with van der Waals surface area (Å²) in [5, 5.41) is 2.63. The van der Waals surface area contributed by atoms with Crippen molar-refractivity contribution < 1.29 is 27.5 Å². The van der Waals surface area contributed by atoms with Crippen molar-refractivity contribution in [1.82, 2.24) is 10.2 Å². The van der Waals surface area contributed by atoms with Gasteiger partial charge in [0.15, 0.2) is 0 Å². The van der Waals surface area contributed by atoms with Gasteiger partial charge >= 0.3 is 12.4 Å². The molecule has 1 aliphatic heterocycles. The molecule has 0 aromatic heterocycles. The molecule has 8 heteroatoms. The van der Waals surface area contributed by atoms with E-state index in [1.165, 1.54) is 19.1 Å². The lowest BCUT2D eigenvalue weighted by molar-refractivity contribution is -0.274. The smallest absolute Gasteiger partial charge is 0.406 e. The number of rotatable bonds is 4. The Bertz CT molecular complexity index is 881. The van der Waals surface area contributed by atoms with E-state index in [1.807, 2.05) is 31.2 Å². The number of imide groups is 1. The first kappa shape index (κ1) is 18.8. The van der Waals surface area contributed by atoms with E-state index in [4.69, 9.17) is 0 Å². The summed E-state index contributed by atoms with van der Waals surface area (Å²) in [6, 6.07) is 11.7. The summed E-state index contributed by atoms with van der Waals surface area (Å²) in [5.41, 5.74) is 0.776. The number of carbonyl (C=O) groups is 2. The van der Waals surface area contributed by atoms with Crippen LogP contribution in [0.1, 0.15) is 23.6 Å². The van der Waals surface area contributed by atoms with Gasteiger partial charge in [0.2, 0.25) is 0 Å². The first-order valence-electron chi connectivity index (χ1n) is 8.15. The van der Waals surface area contributed by atoms with Gasteiger partial charge < -0.3 is 10.1 Å². The zero-order valence-corrected chi connectivity index (χ0v) is 14.6. The number of nitrogens with one attached hydrogen (secondary N) is 1. The fourth-order valence-electron chi connectivity index (χ4n) is 2.98. The van der Waals surface area contributed by atoms with E-state index in [0.717, 1.165) is 28.2 Å². The number of hydrogen-bond donors (Lipinski definition) is 1. The molecule has 1 fully saturated rings. The second-order valence-corrected chi connectivity index (χ2v) is 6.45. The molecule has 1 heterocycles. The Morgan fingerprint density at radius 1 is 1.07 bits per heavy atom. The summed E-state index contributed by atoms with van der Waals surface area (Å²) in [6.07, 6.45) is -4.80. The average Bonchev–Trinajstić information content (AvgIpc) is 2.80. The van der Waals surface area contributed by atoms with Gasteiger partial charge in [-0.05, 0) is 42.7 Å². The molecular weight excluding hydrogens is 361 g/mol. The van der Waals surface area contributed by atoms with Gasteiger partial charge in [-0.2, -0.15) is 0 Å². The van der Waals surface area contributed by atoms with Crippen LogP contribution < -0.4 is 10.1 Å². The Labute approximate surface area is 153 Å². The molecule has 0 saturated carbocycles. The number of carbonyl (C=O) groups excluding carboxylic acids is 2. The summed E-state index contributed by atoms with van der Waals surface area (Å²) in [4.78, 5) is 26.4. The van der Waals surface area contributed by atoms with Gasteiger partial charge in [-0.25, -0.2) is 4.79 Å². The second-order valence-electron chi connectivity index (χ2n) is 6.45. The summed E-state index contributed by atoms with van der Waals surface area (Å²) >= 11 is 0. The highest BCUT2D eigenvalue weighted by Crippen LogP contribution is 2.32. The molecule has 0 spiro atoms. The van der Waals surface area contributed by atoms with Crippen LogP contribution in [0.2, 0.25) is 0 Å². The molecule has 142 valence electrons. The molecule has 27 heavy (non-hydrogen) atoms. The molecule has 0 aliphatic carbocycles. The molecule has 0 radical (unpaired) electrons. The van der Waals surface area contributed by atoms with Gasteiger partial charge in [-0.3, -0.25) is 9.69 Å². The van der Waals surface area contributed by atoms with Gasteiger partial charge in [-0.1, -0.05) is 36.4 Å². The summed E-state index contributed by atoms with van der Waals surface area (Å²) in [6.45, 7) is 3.51. The van der Waals surface area contributed by atoms with Crippen molar-refractivity contribution in [2.24, 2.45) is 0 Å². The van der Waals surface area contributed by atoms with Crippen molar-refractivity contribution in [1.29, 1.82) is 0 Å². The second kappa shape index (κ2) is 6.61. The van der Waals surface area contributed by atoms with E-state index in [0.29, 0.717) is 5.56 Å². The maximum atomic E-state index is 12.9. The maximum Gasteiger partial charge on any atom is 0.573 e. The molecule has 1 unspecified atom stereocenters. The maximum absolute atomic E-state index is 12.9. The number of nitrogens with zero attached hydrogens (tertiary/aromatic N) is 1. The lowest BCUT2D eigenvalue weighted by Crippen LogP contribution is -2.40. The van der Waals surface area contributed by atoms with E-state index in [-0.39, 0.29) is 6.54 Å². The highest BCUT2D eigenvalue weighted by Gasteiger charge is 2.49. The van der Waals surface area contributed by atoms with Gasteiger partial charge in [0.1, 0.15) is 11.3 Å². The van der Waals surface area contributed by atoms with E-state index < -0.39 is 29.6 Å². The topological polar surface area (TPSA) is 58.6 Å². The molecule has 1 N–H and O–H groups in total. The lowest BCUT2D eigenvalue weighted by Gasteiger charge is -2.23. The molecular formula is C19H17F3N2O3. The van der Waals surface area contributed by atoms with Crippen LogP contribution in [0.15, 0.2) is 48.5 Å². The fourth-order valence-corrected chi connectivity index (χ4v) is 2.98. The Morgan fingerprint density at radius 2 is 1.70 bits per heavy atom. The normalized spacial score (nSPS) is 20.0. The van der Waals surface area contributed by atoms with Gasteiger partial charge in [-0.15, -0.1) is 13.2 Å². The van der Waals surface area contributed by atoms with Gasteiger partial charge in [0.25, 0.3) is 5.91 Å². The number of urea groups is 1. The first-order chi connectivity index (χ1) is 12.6. The Morgan fingerprint density at radius 3 is 2.30 bits per heavy atom. The zero-order valence-electron chi connectivity index (χ0n) is 14.6. The lowest BCUT2D eigenvalue weighted by atomic mass is 9.92. The fraction of sp³-hybridized carbons (Fsp3) is 0.263. The largest absolute Gasteiger partial charge is 0.573 e. The number of amides is 3. The van der Waals surface area contributed by atoms with Crippen LogP contribution in [0.25, 0.3) is 0 Å². The zero-order chi connectivity index (χ0) is 19.8. The van der Waals surface area contributed by atoms with E-state index in [2.05, 4.69) is 10.1 Å². The molecule has 1 saturated heterocycles. The van der Waals surface area contributed by atoms with Gasteiger partial charge in [0.05, 0.1) is 6.54 Å². The minimum atomic E-state index is -4.80. The quantitative estimate of drug-likeness (QED) is 0.822. The molecule has 0 bridgehead atoms. The monoisotopic (exact) mass is 378 g/mol. The Balaban J connectivity index is 1.83. The molecule has 1 atom stereocenters. The highest BCUT2D eigenvalue weighted by atomic mass is 19.4. The predicted octanol–water partition coefficient (Wildman–Crippen LogP) is 3.86. The van der Waals surface area contributed by atoms with Crippen molar-refractivity contribution in [2.75, 3.05) is 0 Å². The number of ether oxygens (including phenoxy) is 1. The van der Waals surface area contributed by atoms with Crippen LogP contribution in [0.5, 0.6) is 5.75 Å². The molecule has 5 nitrogen and oxygen atoms in total. The van der Waals surface area contributed by atoms with Crippen LogP contribution in [-0.4, -0.2) is 23.2 Å². The average molecular weight is 378 g/mol. The predicted molar refractivity (Wildman–Crippen MR) is 90.7 cm³/mol. The van der Waals surface area contributed by atoms with Crippen LogP contribution in [0.3, 0.4) is 0 Å². The summed E-state index contributed by atoms with van der Waals surface area (Å²) in [7, 11) is 0. The van der Waals surface area contributed by atoms with Crippen LogP contribution >= 0.6 is 0 Å². The third kappa shape index (κ3) is 3.74. The standard InChI is InChI=1S/C19H17F3N2O3/c1-12-5-3-4-6-13(12)11-24-16(25)18(2,23-17(24)26)14-7-9-15(10-8-14)27-19(20,21)22/h3-10H,11H2,1-2H3,(H,23,26). The highest BCUT2D eigenvalue weighted by molar-refractivity contribution is 6.07. The summed E-state index contributed by atoms with van der Waals surface area (Å²) in [5.74, 6) is -0.872. The van der Waals surface area contributed by atoms with Crippen molar-refractivity contribution in [3.05, 3.63) is 65.2 Å². The minimum Gasteiger partial charge on any atom is -0.406 e. The summed E-state index contributed by atoms with van der Waals surface area (Å²) < 4.78 is 40.7. The molecule has 2 aromatic rings. The van der Waals surface area contributed by atoms with Crippen LogP contribution in [-0.2, 0) is 16.9 Å². The van der Waals surface area contributed by atoms with Crippen molar-refractivity contribution in [2.45, 2.75) is 32.3 Å². The Kier molecular flexibility index (Phi) is 4.59. The van der Waals surface area contributed by atoms with Crippen molar-refractivity contribution in [3.63, 3.8) is 0 Å². The third-order valence-electron chi connectivity index (χ3n) is 4.53. The number of halogens is 3. The third-order valence-corrected chi connectivity index (χ3v) is 4.53. The number of alkyl halides is 3. The van der Waals surface area contributed by atoms with Crippen molar-refractivity contribution in [3.8, 4) is 5.75 Å². The molecule has 1 aliphatic rings. The number of benzene rings is 2. The van der Waals surface area contributed by atoms with Crippen molar-refractivity contribution >= 4 is 11.9 Å². The molecule has 2 aromatic carbocycles. The molecule has 3 rings (SSSR count). The van der Waals surface area contributed by atoms with E-state index in [9.17, 15) is 22.8 Å². The Hall–Kier alpha value is -3.03. The van der Waals surface area contributed by atoms with Crippen LogP contribution in [0.4, 0.5) is 18.0 Å². The number of hydrogen-bond acceptors (Lipinski definition) is 3. The van der Waals surface area contributed by atoms with Gasteiger partial charge in [0, 0.05) is 0 Å². The van der Waals surface area contributed by atoms with E-state index >= 15 is 0 Å². The first-order valence-corrected chi connectivity index (χ1v) is 8.15. The minimum absolute atomic E-state index is 0.113. The molecule has 3 amide bonds. The van der Waals surface area contributed by atoms with Crippen LogP contribution in [0, 0.1) is 6.92 Å². The number of aryl methyl sites for hydroxylation is 1. The SMILES string of the molecule is Cc1ccccc1CN1C(=O)NC(C)(c2ccc(OC(F)(F)F)cc2)C1=O.